The number of allylic oxidation sites excluding steroid dienone is 1. The number of carbonyl (C=O) groups excluding carboxylic acids is 2. The Morgan fingerprint density at radius 1 is 1.00 bits per heavy atom. The second-order valence-corrected chi connectivity index (χ2v) is 10.2. The topological polar surface area (TPSA) is 55.7 Å². The second kappa shape index (κ2) is 9.09. The van der Waals surface area contributed by atoms with Crippen LogP contribution in [0.25, 0.3) is 11.1 Å². The van der Waals surface area contributed by atoms with Gasteiger partial charge in [-0.1, -0.05) is 82.3 Å². The number of rotatable bonds is 5. The first-order valence-corrected chi connectivity index (χ1v) is 11.9. The molecule has 1 aliphatic heterocycles. The molecule has 4 rings (SSSR count). The highest BCUT2D eigenvalue weighted by Crippen LogP contribution is 2.48. The van der Waals surface area contributed by atoms with Gasteiger partial charge in [-0.05, 0) is 41.4 Å². The molecule has 0 bridgehead atoms. The molecule has 1 heterocycles. The van der Waals surface area contributed by atoms with Crippen molar-refractivity contribution in [2.45, 2.75) is 53.4 Å². The maximum Gasteiger partial charge on any atom is 0.336 e. The van der Waals surface area contributed by atoms with E-state index < -0.39 is 5.92 Å². The largest absolute Gasteiger partial charge is 0.463 e. The first-order valence-electron chi connectivity index (χ1n) is 11.9. The summed E-state index contributed by atoms with van der Waals surface area (Å²) in [5.74, 6) is -0.945. The second-order valence-electron chi connectivity index (χ2n) is 10.2. The normalized spacial score (nSPS) is 22.1. The van der Waals surface area contributed by atoms with Gasteiger partial charge in [0.15, 0.2) is 0 Å². The van der Waals surface area contributed by atoms with Gasteiger partial charge in [-0.15, -0.1) is 0 Å². The van der Waals surface area contributed by atoms with E-state index in [9.17, 15) is 9.59 Å². The van der Waals surface area contributed by atoms with Crippen LogP contribution < -0.4 is 0 Å². The van der Waals surface area contributed by atoms with Crippen molar-refractivity contribution in [3.8, 4) is 11.1 Å². The first-order chi connectivity index (χ1) is 15.7. The smallest absolute Gasteiger partial charge is 0.336 e. The lowest BCUT2D eigenvalue weighted by Crippen LogP contribution is -2.44. The van der Waals surface area contributed by atoms with Crippen LogP contribution in [0.5, 0.6) is 0 Å². The molecule has 2 aromatic rings. The van der Waals surface area contributed by atoms with Gasteiger partial charge in [-0.2, -0.15) is 0 Å². The first kappa shape index (κ1) is 23.2. The molecule has 4 nitrogen and oxygen atoms in total. The molecule has 4 heteroatoms. The van der Waals surface area contributed by atoms with E-state index in [1.54, 1.807) is 0 Å². The van der Waals surface area contributed by atoms with E-state index in [1.807, 2.05) is 39.0 Å². The SMILES string of the molecule is CCOC(=O)C1=C(C(C)C)N=C2CC(C)(C)CC(=O)C2C1c1ccc(-c2ccccc2)cc1. The predicted octanol–water partition coefficient (Wildman–Crippen LogP) is 6.37. The molecule has 0 spiro atoms. The third kappa shape index (κ3) is 4.57. The number of ketones is 1. The number of carbonyl (C=O) groups is 2. The van der Waals surface area contributed by atoms with Gasteiger partial charge in [0.2, 0.25) is 0 Å². The minimum Gasteiger partial charge on any atom is -0.463 e. The van der Waals surface area contributed by atoms with E-state index >= 15 is 0 Å². The Kier molecular flexibility index (Phi) is 6.38. The third-order valence-electron chi connectivity index (χ3n) is 6.62. The fourth-order valence-electron chi connectivity index (χ4n) is 5.21. The minimum absolute atomic E-state index is 0.0455. The molecule has 172 valence electrons. The molecular formula is C29H33NO3. The molecule has 2 unspecified atom stereocenters. The molecule has 2 aromatic carbocycles. The van der Waals surface area contributed by atoms with E-state index in [-0.39, 0.29) is 35.6 Å². The average Bonchev–Trinajstić information content (AvgIpc) is 2.78. The van der Waals surface area contributed by atoms with Crippen LogP contribution in [0.4, 0.5) is 0 Å². The Labute approximate surface area is 196 Å². The lowest BCUT2D eigenvalue weighted by molar-refractivity contribution is -0.139. The van der Waals surface area contributed by atoms with Gasteiger partial charge in [0.05, 0.1) is 23.8 Å². The molecule has 0 N–H and O–H groups in total. The molecule has 33 heavy (non-hydrogen) atoms. The van der Waals surface area contributed by atoms with Crippen molar-refractivity contribution in [1.82, 2.24) is 0 Å². The summed E-state index contributed by atoms with van der Waals surface area (Å²) < 4.78 is 5.49. The molecule has 1 fully saturated rings. The zero-order valence-corrected chi connectivity index (χ0v) is 20.2. The maximum atomic E-state index is 13.5. The van der Waals surface area contributed by atoms with E-state index in [2.05, 4.69) is 50.2 Å². The fourth-order valence-corrected chi connectivity index (χ4v) is 5.21. The molecule has 2 atom stereocenters. The summed E-state index contributed by atoms with van der Waals surface area (Å²) in [5, 5.41) is 0. The number of benzene rings is 2. The van der Waals surface area contributed by atoms with Gasteiger partial charge >= 0.3 is 5.97 Å². The molecule has 0 radical (unpaired) electrons. The number of fused-ring (bicyclic) bond motifs is 1. The summed E-state index contributed by atoms with van der Waals surface area (Å²) in [6.07, 6.45) is 1.25. The van der Waals surface area contributed by atoms with Crippen molar-refractivity contribution in [3.63, 3.8) is 0 Å². The quantitative estimate of drug-likeness (QED) is 0.505. The van der Waals surface area contributed by atoms with Crippen molar-refractivity contribution >= 4 is 17.5 Å². The Morgan fingerprint density at radius 3 is 2.24 bits per heavy atom. The summed E-state index contributed by atoms with van der Waals surface area (Å²) in [4.78, 5) is 31.6. The van der Waals surface area contributed by atoms with Crippen LogP contribution in [-0.4, -0.2) is 24.1 Å². The number of esters is 1. The van der Waals surface area contributed by atoms with E-state index in [4.69, 9.17) is 9.73 Å². The third-order valence-corrected chi connectivity index (χ3v) is 6.62. The highest BCUT2D eigenvalue weighted by molar-refractivity contribution is 6.12. The van der Waals surface area contributed by atoms with Gasteiger partial charge in [0.25, 0.3) is 0 Å². The summed E-state index contributed by atoms with van der Waals surface area (Å²) >= 11 is 0. The van der Waals surface area contributed by atoms with E-state index in [0.29, 0.717) is 12.0 Å². The maximum absolute atomic E-state index is 13.5. The number of nitrogens with zero attached hydrogens (tertiary/aromatic N) is 1. The summed E-state index contributed by atoms with van der Waals surface area (Å²) in [5.41, 5.74) is 5.27. The van der Waals surface area contributed by atoms with Crippen LogP contribution in [0.1, 0.15) is 58.9 Å². The van der Waals surface area contributed by atoms with Crippen molar-refractivity contribution in [2.24, 2.45) is 22.2 Å². The van der Waals surface area contributed by atoms with Crippen LogP contribution in [0.15, 0.2) is 70.9 Å². The zero-order valence-electron chi connectivity index (χ0n) is 20.2. The van der Waals surface area contributed by atoms with E-state index in [0.717, 1.165) is 34.5 Å². The van der Waals surface area contributed by atoms with Gasteiger partial charge in [-0.25, -0.2) is 4.79 Å². The van der Waals surface area contributed by atoms with Crippen LogP contribution in [0.2, 0.25) is 0 Å². The fraction of sp³-hybridized carbons (Fsp3) is 0.414. The van der Waals surface area contributed by atoms with Crippen molar-refractivity contribution in [2.75, 3.05) is 6.61 Å². The van der Waals surface area contributed by atoms with Crippen LogP contribution >= 0.6 is 0 Å². The van der Waals surface area contributed by atoms with Crippen LogP contribution in [-0.2, 0) is 14.3 Å². The number of hydrogen-bond donors (Lipinski definition) is 0. The monoisotopic (exact) mass is 443 g/mol. The Bertz CT molecular complexity index is 1110. The number of hydrogen-bond acceptors (Lipinski definition) is 4. The Hall–Kier alpha value is -3.01. The number of ether oxygens (including phenoxy) is 1. The molecule has 2 aliphatic rings. The Morgan fingerprint density at radius 2 is 1.64 bits per heavy atom. The molecular weight excluding hydrogens is 410 g/mol. The standard InChI is InChI=1S/C29H33NO3/c1-6-33-28(32)26-24(21-14-12-20(13-15-21)19-10-8-7-9-11-19)25-22(30-27(26)18(2)3)16-29(4,5)17-23(25)31/h7-15,18,24-25H,6,16-17H2,1-5H3. The highest BCUT2D eigenvalue weighted by atomic mass is 16.5. The Balaban J connectivity index is 1.86. The van der Waals surface area contributed by atoms with Crippen molar-refractivity contribution in [3.05, 3.63) is 71.4 Å². The summed E-state index contributed by atoms with van der Waals surface area (Å²) in [6, 6.07) is 18.5. The molecule has 0 amide bonds. The minimum atomic E-state index is -0.414. The molecule has 0 aromatic heterocycles. The lowest BCUT2D eigenvalue weighted by atomic mass is 9.63. The molecule has 0 saturated heterocycles. The number of aliphatic imine (C=N–C) groups is 1. The van der Waals surface area contributed by atoms with Gasteiger partial charge in [0, 0.05) is 18.1 Å². The zero-order chi connectivity index (χ0) is 23.8. The summed E-state index contributed by atoms with van der Waals surface area (Å²) in [7, 11) is 0. The predicted molar refractivity (Wildman–Crippen MR) is 132 cm³/mol. The molecule has 1 saturated carbocycles. The summed E-state index contributed by atoms with van der Waals surface area (Å²) in [6.45, 7) is 10.4. The van der Waals surface area contributed by atoms with E-state index in [1.165, 1.54) is 0 Å². The average molecular weight is 444 g/mol. The van der Waals surface area contributed by atoms with Gasteiger partial charge in [-0.3, -0.25) is 9.79 Å². The number of Topliss-reactive ketones (excluding diaryl/α,β-unsaturated/α-hetero) is 1. The lowest BCUT2D eigenvalue weighted by Gasteiger charge is -2.41. The van der Waals surface area contributed by atoms with Crippen LogP contribution in [0, 0.1) is 17.3 Å². The van der Waals surface area contributed by atoms with Crippen LogP contribution in [0.3, 0.4) is 0 Å². The van der Waals surface area contributed by atoms with Crippen molar-refractivity contribution in [1.29, 1.82) is 0 Å². The van der Waals surface area contributed by atoms with Crippen molar-refractivity contribution < 1.29 is 14.3 Å². The van der Waals surface area contributed by atoms with Gasteiger partial charge < -0.3 is 4.74 Å². The molecule has 1 aliphatic carbocycles. The highest BCUT2D eigenvalue weighted by Gasteiger charge is 2.48. The van der Waals surface area contributed by atoms with Gasteiger partial charge in [0.1, 0.15) is 5.78 Å².